The van der Waals surface area contributed by atoms with Crippen LogP contribution < -0.4 is 0 Å². The number of fused-ring (bicyclic) bond motifs is 3. The number of hydrogen-bond acceptors (Lipinski definition) is 3. The normalized spacial score (nSPS) is 26.7. The number of hydrogen-bond donors (Lipinski definition) is 1. The first-order valence-corrected chi connectivity index (χ1v) is 13.0. The second-order valence-electron chi connectivity index (χ2n) is 10.5. The van der Waals surface area contributed by atoms with Gasteiger partial charge in [-0.1, -0.05) is 73.5 Å². The summed E-state index contributed by atoms with van der Waals surface area (Å²) in [5, 5.41) is 13.1. The van der Waals surface area contributed by atoms with Gasteiger partial charge in [0.2, 0.25) is 0 Å². The van der Waals surface area contributed by atoms with Gasteiger partial charge in [-0.15, -0.1) is 0 Å². The summed E-state index contributed by atoms with van der Waals surface area (Å²) in [5.41, 5.74) is 1.30. The fraction of sp³-hybridized carbons (Fsp3) is 0.433. The molecule has 3 aromatic rings. The summed E-state index contributed by atoms with van der Waals surface area (Å²) in [6.07, 6.45) is 4.01. The summed E-state index contributed by atoms with van der Waals surface area (Å²) < 4.78 is 15.8. The summed E-state index contributed by atoms with van der Waals surface area (Å²) in [5.74, 6) is 0.0304. The quantitative estimate of drug-likeness (QED) is 0.538. The lowest BCUT2D eigenvalue weighted by atomic mass is 9.85. The molecular formula is C30H33FN2O2. The van der Waals surface area contributed by atoms with Gasteiger partial charge in [-0.2, -0.15) is 0 Å². The highest BCUT2D eigenvalue weighted by atomic mass is 19.1. The van der Waals surface area contributed by atoms with Crippen LogP contribution >= 0.6 is 0 Å². The Morgan fingerprint density at radius 3 is 2.40 bits per heavy atom. The van der Waals surface area contributed by atoms with Crippen molar-refractivity contribution in [3.05, 3.63) is 83.4 Å². The molecule has 1 saturated heterocycles. The number of rotatable bonds is 4. The first-order valence-electron chi connectivity index (χ1n) is 13.0. The van der Waals surface area contributed by atoms with Crippen LogP contribution in [0.15, 0.2) is 66.7 Å². The van der Waals surface area contributed by atoms with Gasteiger partial charge in [0.05, 0.1) is 18.2 Å². The van der Waals surface area contributed by atoms with Crippen molar-refractivity contribution in [3.8, 4) is 0 Å². The van der Waals surface area contributed by atoms with Crippen molar-refractivity contribution in [1.29, 1.82) is 0 Å². The maximum absolute atomic E-state index is 15.8. The van der Waals surface area contributed by atoms with Gasteiger partial charge in [-0.25, -0.2) is 4.39 Å². The Morgan fingerprint density at radius 2 is 1.63 bits per heavy atom. The first-order chi connectivity index (χ1) is 17.0. The van der Waals surface area contributed by atoms with E-state index < -0.39 is 11.8 Å². The Kier molecular flexibility index (Phi) is 5.85. The van der Waals surface area contributed by atoms with Crippen molar-refractivity contribution in [2.75, 3.05) is 19.6 Å². The molecule has 0 spiro atoms. The summed E-state index contributed by atoms with van der Waals surface area (Å²) >= 11 is 0. The summed E-state index contributed by atoms with van der Waals surface area (Å²) in [6, 6.07) is 21.5. The molecule has 3 aromatic carbocycles. The minimum absolute atomic E-state index is 0.0304. The molecule has 3 atom stereocenters. The van der Waals surface area contributed by atoms with E-state index in [1.54, 1.807) is 0 Å². The molecule has 1 aliphatic carbocycles. The van der Waals surface area contributed by atoms with E-state index in [4.69, 9.17) is 0 Å². The van der Waals surface area contributed by atoms with E-state index in [0.717, 1.165) is 53.1 Å². The number of halogens is 1. The van der Waals surface area contributed by atoms with Crippen LogP contribution in [0.3, 0.4) is 0 Å². The lowest BCUT2D eigenvalue weighted by Crippen LogP contribution is -2.50. The first kappa shape index (κ1) is 22.7. The number of benzene rings is 3. The van der Waals surface area contributed by atoms with E-state index >= 15 is 4.39 Å². The van der Waals surface area contributed by atoms with Crippen molar-refractivity contribution in [2.45, 2.75) is 62.4 Å². The molecule has 6 rings (SSSR count). The van der Waals surface area contributed by atoms with E-state index in [0.29, 0.717) is 32.5 Å². The molecule has 2 aliphatic heterocycles. The molecule has 4 nitrogen and oxygen atoms in total. The Balaban J connectivity index is 1.32. The van der Waals surface area contributed by atoms with Crippen molar-refractivity contribution < 1.29 is 14.3 Å². The third-order valence-corrected chi connectivity index (χ3v) is 8.53. The van der Waals surface area contributed by atoms with Crippen molar-refractivity contribution in [2.24, 2.45) is 0 Å². The average molecular weight is 473 g/mol. The molecule has 1 unspecified atom stereocenters. The molecule has 0 radical (unpaired) electrons. The highest BCUT2D eigenvalue weighted by molar-refractivity contribution is 6.05. The number of carbonyl (C=O) groups is 1. The van der Waals surface area contributed by atoms with Crippen molar-refractivity contribution in [1.82, 2.24) is 9.80 Å². The minimum atomic E-state index is -1.30. The summed E-state index contributed by atoms with van der Waals surface area (Å²) in [7, 11) is 0. The molecule has 35 heavy (non-hydrogen) atoms. The van der Waals surface area contributed by atoms with Gasteiger partial charge >= 0.3 is 0 Å². The van der Waals surface area contributed by atoms with Gasteiger partial charge in [-0.3, -0.25) is 4.79 Å². The summed E-state index contributed by atoms with van der Waals surface area (Å²) in [6.45, 7) is 1.97. The molecule has 182 valence electrons. The van der Waals surface area contributed by atoms with Crippen LogP contribution in [0.2, 0.25) is 0 Å². The van der Waals surface area contributed by atoms with Gasteiger partial charge in [0.25, 0.3) is 5.91 Å². The van der Waals surface area contributed by atoms with Crippen LogP contribution in [-0.2, 0) is 5.67 Å². The smallest absolute Gasteiger partial charge is 0.255 e. The average Bonchev–Trinajstić information content (AvgIpc) is 3.17. The topological polar surface area (TPSA) is 43.8 Å². The molecule has 0 aromatic heterocycles. The number of nitrogens with zero attached hydrogens (tertiary/aromatic N) is 2. The second-order valence-corrected chi connectivity index (χ2v) is 10.5. The molecule has 0 bridgehead atoms. The van der Waals surface area contributed by atoms with Crippen LogP contribution in [0.4, 0.5) is 4.39 Å². The third kappa shape index (κ3) is 3.95. The van der Waals surface area contributed by atoms with Gasteiger partial charge in [-0.05, 0) is 53.6 Å². The van der Waals surface area contributed by atoms with Crippen LogP contribution in [0.1, 0.15) is 66.1 Å². The lowest BCUT2D eigenvalue weighted by Gasteiger charge is -2.42. The Morgan fingerprint density at radius 1 is 0.914 bits per heavy atom. The van der Waals surface area contributed by atoms with Crippen LogP contribution in [-0.4, -0.2) is 52.6 Å². The number of piperidine rings is 1. The van der Waals surface area contributed by atoms with Gasteiger partial charge in [0, 0.05) is 25.2 Å². The third-order valence-electron chi connectivity index (χ3n) is 8.53. The molecule has 1 N–H and O–H groups in total. The number of carbonyl (C=O) groups excluding carboxylic acids is 1. The number of aliphatic hydroxyl groups is 1. The molecular weight excluding hydrogens is 439 g/mol. The maximum atomic E-state index is 15.8. The predicted molar refractivity (Wildman–Crippen MR) is 136 cm³/mol. The highest BCUT2D eigenvalue weighted by Crippen LogP contribution is 2.44. The zero-order valence-electron chi connectivity index (χ0n) is 20.1. The van der Waals surface area contributed by atoms with Crippen molar-refractivity contribution in [3.63, 3.8) is 0 Å². The van der Waals surface area contributed by atoms with Crippen LogP contribution in [0.25, 0.3) is 10.8 Å². The van der Waals surface area contributed by atoms with Crippen LogP contribution in [0, 0.1) is 0 Å². The van der Waals surface area contributed by atoms with E-state index in [-0.39, 0.29) is 18.0 Å². The van der Waals surface area contributed by atoms with E-state index in [1.807, 2.05) is 59.5 Å². The number of likely N-dealkylation sites (tertiary alicyclic amines) is 1. The zero-order chi connectivity index (χ0) is 24.0. The SMILES string of the molecule is O=C1c2ccc3ccccc3c2[C@H](CN2CCC(F)(c3ccccc3)CC2)N1C1CCCC[C@H]1O. The molecule has 1 saturated carbocycles. The van der Waals surface area contributed by atoms with E-state index in [2.05, 4.69) is 17.0 Å². The number of aliphatic hydroxyl groups excluding tert-OH is 1. The monoisotopic (exact) mass is 472 g/mol. The molecule has 2 fully saturated rings. The highest BCUT2D eigenvalue weighted by Gasteiger charge is 2.46. The zero-order valence-corrected chi connectivity index (χ0v) is 20.1. The Bertz CT molecular complexity index is 1220. The van der Waals surface area contributed by atoms with E-state index in [1.165, 1.54) is 0 Å². The maximum Gasteiger partial charge on any atom is 0.255 e. The van der Waals surface area contributed by atoms with Crippen LogP contribution in [0.5, 0.6) is 0 Å². The van der Waals surface area contributed by atoms with Gasteiger partial charge in [0.1, 0.15) is 5.67 Å². The Labute approximate surface area is 206 Å². The number of alkyl halides is 1. The number of amides is 1. The largest absolute Gasteiger partial charge is 0.391 e. The standard InChI is InChI=1S/C30H33FN2O2/c31-30(22-9-2-1-3-10-22)16-18-32(19-17-30)20-26-28-23-11-5-4-8-21(23)14-15-24(28)29(35)33(26)25-12-6-7-13-27(25)34/h1-5,8-11,14-15,25-27,34H,6-7,12-13,16-20H2/t25?,26-,27+/m0/s1. The van der Waals surface area contributed by atoms with Gasteiger partial charge in [0.15, 0.2) is 0 Å². The van der Waals surface area contributed by atoms with Crippen molar-refractivity contribution >= 4 is 16.7 Å². The van der Waals surface area contributed by atoms with E-state index in [9.17, 15) is 9.90 Å². The van der Waals surface area contributed by atoms with Gasteiger partial charge < -0.3 is 14.9 Å². The molecule has 5 heteroatoms. The summed E-state index contributed by atoms with van der Waals surface area (Å²) in [4.78, 5) is 18.1. The predicted octanol–water partition coefficient (Wildman–Crippen LogP) is 5.60. The fourth-order valence-corrected chi connectivity index (χ4v) is 6.60. The lowest BCUT2D eigenvalue weighted by molar-refractivity contribution is -0.00580. The minimum Gasteiger partial charge on any atom is -0.391 e. The Hall–Kier alpha value is -2.76. The molecule has 2 heterocycles. The molecule has 1 amide bonds. The fourth-order valence-electron chi connectivity index (χ4n) is 6.60. The second kappa shape index (κ2) is 9.03. The molecule has 3 aliphatic rings.